The summed E-state index contributed by atoms with van der Waals surface area (Å²) in [7, 11) is 0. The number of benzene rings is 2. The predicted molar refractivity (Wildman–Crippen MR) is 95.1 cm³/mol. The Kier molecular flexibility index (Phi) is 5.02. The summed E-state index contributed by atoms with van der Waals surface area (Å²) in [4.78, 5) is 37.7. The molecule has 0 saturated carbocycles. The van der Waals surface area contributed by atoms with Crippen LogP contribution in [0.3, 0.4) is 0 Å². The van der Waals surface area contributed by atoms with Gasteiger partial charge >= 0.3 is 5.97 Å². The van der Waals surface area contributed by atoms with E-state index in [-0.39, 0.29) is 24.8 Å². The monoisotopic (exact) mass is 353 g/mol. The van der Waals surface area contributed by atoms with Gasteiger partial charge in [-0.25, -0.2) is 0 Å². The lowest BCUT2D eigenvalue weighted by atomic mass is 10.1. The minimum absolute atomic E-state index is 0.133. The van der Waals surface area contributed by atoms with Crippen LogP contribution in [-0.4, -0.2) is 30.3 Å². The largest absolute Gasteiger partial charge is 0.479 e. The number of fused-ring (bicyclic) bond motifs is 1. The zero-order valence-corrected chi connectivity index (χ0v) is 14.6. The third-order valence-corrected chi connectivity index (χ3v) is 4.10. The van der Waals surface area contributed by atoms with Crippen LogP contribution >= 0.6 is 0 Å². The van der Waals surface area contributed by atoms with Crippen molar-refractivity contribution in [2.45, 2.75) is 26.6 Å². The van der Waals surface area contributed by atoms with E-state index in [0.717, 1.165) is 5.56 Å². The smallest absolute Gasteiger partial charge is 0.326 e. The van der Waals surface area contributed by atoms with Crippen LogP contribution in [-0.2, 0) is 20.9 Å². The average molecular weight is 353 g/mol. The van der Waals surface area contributed by atoms with Crippen molar-refractivity contribution in [2.24, 2.45) is 0 Å². The summed E-state index contributed by atoms with van der Waals surface area (Å²) in [5.74, 6) is -0.561. The van der Waals surface area contributed by atoms with Crippen molar-refractivity contribution < 1.29 is 23.9 Å². The highest BCUT2D eigenvalue weighted by molar-refractivity contribution is 6.04. The summed E-state index contributed by atoms with van der Waals surface area (Å²) in [5.41, 5.74) is 1.71. The van der Waals surface area contributed by atoms with Crippen molar-refractivity contribution in [1.29, 1.82) is 0 Å². The zero-order valence-electron chi connectivity index (χ0n) is 14.6. The van der Waals surface area contributed by atoms with Gasteiger partial charge in [-0.2, -0.15) is 0 Å². The number of amides is 1. The molecule has 134 valence electrons. The summed E-state index contributed by atoms with van der Waals surface area (Å²) in [6, 6.07) is 14.1. The number of Topliss-reactive ketones (excluding diaryl/α,β-unsaturated/α-hetero) is 1. The van der Waals surface area contributed by atoms with Gasteiger partial charge in [0.15, 0.2) is 11.9 Å². The van der Waals surface area contributed by atoms with Crippen LogP contribution in [0.5, 0.6) is 5.75 Å². The molecule has 6 heteroatoms. The summed E-state index contributed by atoms with van der Waals surface area (Å²) in [5, 5.41) is 0. The summed E-state index contributed by atoms with van der Waals surface area (Å²) < 4.78 is 10.8. The first kappa shape index (κ1) is 17.7. The third-order valence-electron chi connectivity index (χ3n) is 4.10. The number of rotatable bonds is 5. The summed E-state index contributed by atoms with van der Waals surface area (Å²) >= 11 is 0. The topological polar surface area (TPSA) is 72.9 Å². The van der Waals surface area contributed by atoms with Crippen molar-refractivity contribution in [3.63, 3.8) is 0 Å². The Morgan fingerprint density at radius 3 is 2.58 bits per heavy atom. The molecule has 1 aliphatic heterocycles. The molecule has 2 aromatic carbocycles. The molecule has 3 rings (SSSR count). The maximum Gasteiger partial charge on any atom is 0.326 e. The highest BCUT2D eigenvalue weighted by Gasteiger charge is 2.33. The van der Waals surface area contributed by atoms with E-state index in [9.17, 15) is 14.4 Å². The van der Waals surface area contributed by atoms with E-state index in [1.807, 2.05) is 30.3 Å². The molecular weight excluding hydrogens is 334 g/mol. The van der Waals surface area contributed by atoms with Gasteiger partial charge in [0.2, 0.25) is 0 Å². The first-order valence-corrected chi connectivity index (χ1v) is 8.28. The number of ketones is 1. The summed E-state index contributed by atoms with van der Waals surface area (Å²) in [6.07, 6.45) is -0.715. The highest BCUT2D eigenvalue weighted by Crippen LogP contribution is 2.35. The van der Waals surface area contributed by atoms with Crippen LogP contribution < -0.4 is 9.64 Å². The van der Waals surface area contributed by atoms with Crippen LogP contribution in [0.25, 0.3) is 0 Å². The molecule has 6 nitrogen and oxygen atoms in total. The Labute approximate surface area is 151 Å². The number of anilines is 1. The zero-order chi connectivity index (χ0) is 18.7. The Bertz CT molecular complexity index is 847. The number of carbonyl (C=O) groups is 3. The molecule has 0 bridgehead atoms. The molecular formula is C20H19NO5. The van der Waals surface area contributed by atoms with Gasteiger partial charge in [0, 0.05) is 5.56 Å². The molecule has 0 aromatic heterocycles. The SMILES string of the molecule is CC(=O)c1ccc2c(c1)N(CC(=O)OCc1ccccc1)C(=O)C(C)O2. The molecule has 1 heterocycles. The highest BCUT2D eigenvalue weighted by atomic mass is 16.5. The molecule has 0 aliphatic carbocycles. The predicted octanol–water partition coefficient (Wildman–Crippen LogP) is 2.75. The fourth-order valence-corrected chi connectivity index (χ4v) is 2.70. The quantitative estimate of drug-likeness (QED) is 0.610. The number of esters is 1. The van der Waals surface area contributed by atoms with Gasteiger partial charge in [0.1, 0.15) is 18.9 Å². The van der Waals surface area contributed by atoms with Gasteiger partial charge in [-0.15, -0.1) is 0 Å². The Morgan fingerprint density at radius 1 is 1.15 bits per heavy atom. The first-order valence-electron chi connectivity index (χ1n) is 8.28. The fraction of sp³-hybridized carbons (Fsp3) is 0.250. The van der Waals surface area contributed by atoms with Gasteiger partial charge in [-0.1, -0.05) is 30.3 Å². The van der Waals surface area contributed by atoms with Gasteiger partial charge in [0.05, 0.1) is 5.69 Å². The average Bonchev–Trinajstić information content (AvgIpc) is 2.64. The number of ether oxygens (including phenoxy) is 2. The molecule has 0 saturated heterocycles. The number of hydrogen-bond donors (Lipinski definition) is 0. The molecule has 2 aromatic rings. The van der Waals surface area contributed by atoms with Crippen LogP contribution in [0.15, 0.2) is 48.5 Å². The molecule has 1 aliphatic rings. The van der Waals surface area contributed by atoms with E-state index in [0.29, 0.717) is 17.0 Å². The van der Waals surface area contributed by atoms with Gasteiger partial charge in [0.25, 0.3) is 5.91 Å². The Hall–Kier alpha value is -3.15. The number of nitrogens with zero attached hydrogens (tertiary/aromatic N) is 1. The minimum atomic E-state index is -0.715. The van der Waals surface area contributed by atoms with Crippen LogP contribution in [0.2, 0.25) is 0 Å². The maximum absolute atomic E-state index is 12.5. The van der Waals surface area contributed by atoms with E-state index in [2.05, 4.69) is 0 Å². The first-order chi connectivity index (χ1) is 12.5. The van der Waals surface area contributed by atoms with E-state index >= 15 is 0 Å². The third kappa shape index (κ3) is 3.74. The molecule has 0 radical (unpaired) electrons. The van der Waals surface area contributed by atoms with E-state index in [1.165, 1.54) is 11.8 Å². The summed E-state index contributed by atoms with van der Waals surface area (Å²) in [6.45, 7) is 2.95. The normalized spacial score (nSPS) is 15.8. The second-order valence-corrected chi connectivity index (χ2v) is 6.07. The Morgan fingerprint density at radius 2 is 1.88 bits per heavy atom. The standard InChI is InChI=1S/C20H19NO5/c1-13(22)16-8-9-18-17(10-16)21(20(24)14(2)26-18)11-19(23)25-12-15-6-4-3-5-7-15/h3-10,14H,11-12H2,1-2H3. The van der Waals surface area contributed by atoms with Crippen molar-refractivity contribution in [1.82, 2.24) is 0 Å². The van der Waals surface area contributed by atoms with Crippen molar-refractivity contribution in [3.05, 3.63) is 59.7 Å². The molecule has 26 heavy (non-hydrogen) atoms. The van der Waals surface area contributed by atoms with E-state index in [1.54, 1.807) is 25.1 Å². The van der Waals surface area contributed by atoms with Gasteiger partial charge in [-0.05, 0) is 37.6 Å². The second-order valence-electron chi connectivity index (χ2n) is 6.07. The minimum Gasteiger partial charge on any atom is -0.479 e. The fourth-order valence-electron chi connectivity index (χ4n) is 2.70. The maximum atomic E-state index is 12.5. The van der Waals surface area contributed by atoms with Crippen LogP contribution in [0, 0.1) is 0 Å². The van der Waals surface area contributed by atoms with Crippen LogP contribution in [0.1, 0.15) is 29.8 Å². The molecule has 0 N–H and O–H groups in total. The Balaban J connectivity index is 1.77. The molecule has 0 fully saturated rings. The molecule has 1 amide bonds. The lowest BCUT2D eigenvalue weighted by Gasteiger charge is -2.32. The molecule has 1 unspecified atom stereocenters. The van der Waals surface area contributed by atoms with Crippen molar-refractivity contribution >= 4 is 23.3 Å². The second kappa shape index (κ2) is 7.39. The number of carbonyl (C=O) groups excluding carboxylic acids is 3. The van der Waals surface area contributed by atoms with Gasteiger partial charge in [-0.3, -0.25) is 19.3 Å². The van der Waals surface area contributed by atoms with Gasteiger partial charge < -0.3 is 9.47 Å². The number of hydrogen-bond acceptors (Lipinski definition) is 5. The van der Waals surface area contributed by atoms with Crippen LogP contribution in [0.4, 0.5) is 5.69 Å². The molecule has 1 atom stereocenters. The molecule has 0 spiro atoms. The lowest BCUT2D eigenvalue weighted by Crippen LogP contribution is -2.47. The van der Waals surface area contributed by atoms with E-state index in [4.69, 9.17) is 9.47 Å². The van der Waals surface area contributed by atoms with E-state index < -0.39 is 12.1 Å². The van der Waals surface area contributed by atoms with Crippen molar-refractivity contribution in [2.75, 3.05) is 11.4 Å². The lowest BCUT2D eigenvalue weighted by molar-refractivity contribution is -0.144. The van der Waals surface area contributed by atoms with Crippen molar-refractivity contribution in [3.8, 4) is 5.75 Å².